The third-order valence-electron chi connectivity index (χ3n) is 2.87. The van der Waals surface area contributed by atoms with Gasteiger partial charge in [0.2, 0.25) is 0 Å². The van der Waals surface area contributed by atoms with Gasteiger partial charge in [-0.1, -0.05) is 30.3 Å². The number of benzene rings is 1. The molecule has 1 amide bonds. The number of nitrogens with zero attached hydrogens (tertiary/aromatic N) is 1. The van der Waals surface area contributed by atoms with Crippen LogP contribution < -0.4 is 0 Å². The second-order valence-electron chi connectivity index (χ2n) is 4.26. The predicted molar refractivity (Wildman–Crippen MR) is 62.1 cm³/mol. The van der Waals surface area contributed by atoms with Crippen molar-refractivity contribution in [2.45, 2.75) is 19.0 Å². The van der Waals surface area contributed by atoms with Crippen molar-refractivity contribution in [1.29, 1.82) is 0 Å². The summed E-state index contributed by atoms with van der Waals surface area (Å²) in [4.78, 5) is 11.9. The normalized spacial score (nSPS) is 17.2. The summed E-state index contributed by atoms with van der Waals surface area (Å²) in [6.07, 6.45) is -4.60. The maximum atomic E-state index is 13.2. The zero-order valence-electron chi connectivity index (χ0n) is 10.3. The van der Waals surface area contributed by atoms with Crippen molar-refractivity contribution in [3.8, 4) is 0 Å². The first kappa shape index (κ1) is 14.4. The van der Waals surface area contributed by atoms with Crippen LogP contribution in [0, 0.1) is 0 Å². The molecule has 1 fully saturated rings. The molecule has 20 heavy (non-hydrogen) atoms. The third-order valence-corrected chi connectivity index (χ3v) is 2.87. The fraction of sp³-hybridized carbons (Fsp3) is 0.308. The number of likely N-dealkylation sites (tertiary alicyclic amines) is 1. The van der Waals surface area contributed by atoms with Crippen molar-refractivity contribution < 1.29 is 27.1 Å². The fourth-order valence-electron chi connectivity index (χ4n) is 1.90. The highest BCUT2D eigenvalue weighted by Crippen LogP contribution is 2.40. The molecule has 1 heterocycles. The van der Waals surface area contributed by atoms with Crippen LogP contribution in [0.5, 0.6) is 0 Å². The monoisotopic (exact) mass is 289 g/mol. The van der Waals surface area contributed by atoms with Crippen LogP contribution in [-0.2, 0) is 11.3 Å². The number of allylic oxidation sites excluding steroid dienone is 1. The molecule has 1 aromatic carbocycles. The zero-order chi connectivity index (χ0) is 14.8. The first-order valence-corrected chi connectivity index (χ1v) is 5.83. The summed E-state index contributed by atoms with van der Waals surface area (Å²) in [7, 11) is 0. The van der Waals surface area contributed by atoms with E-state index in [1.807, 2.05) is 0 Å². The molecule has 3 nitrogen and oxygen atoms in total. The van der Waals surface area contributed by atoms with Crippen LogP contribution in [0.3, 0.4) is 0 Å². The first-order chi connectivity index (χ1) is 9.42. The first-order valence-electron chi connectivity index (χ1n) is 5.83. The minimum atomic E-state index is -3.70. The van der Waals surface area contributed by atoms with E-state index in [2.05, 4.69) is 0 Å². The van der Waals surface area contributed by atoms with Gasteiger partial charge in [-0.3, -0.25) is 4.90 Å². The highest BCUT2D eigenvalue weighted by atomic mass is 19.3. The summed E-state index contributed by atoms with van der Waals surface area (Å²) >= 11 is 0. The van der Waals surface area contributed by atoms with Gasteiger partial charge in [-0.2, -0.15) is 17.6 Å². The number of halogens is 4. The van der Waals surface area contributed by atoms with Crippen molar-refractivity contribution in [3.63, 3.8) is 0 Å². The van der Waals surface area contributed by atoms with E-state index in [9.17, 15) is 22.4 Å². The SMILES string of the molecule is O=C(OCc1ccccc1)N1CCC(F)(F)C1=C(F)F. The number of ether oxygens (including phenoxy) is 1. The Morgan fingerprint density at radius 1 is 1.25 bits per heavy atom. The van der Waals surface area contributed by atoms with E-state index >= 15 is 0 Å². The summed E-state index contributed by atoms with van der Waals surface area (Å²) in [5.74, 6) is -3.70. The van der Waals surface area contributed by atoms with Crippen LogP contribution >= 0.6 is 0 Å². The molecule has 1 aliphatic heterocycles. The Labute approximate surface area is 112 Å². The molecular weight excluding hydrogens is 278 g/mol. The van der Waals surface area contributed by atoms with Gasteiger partial charge in [0.1, 0.15) is 6.61 Å². The largest absolute Gasteiger partial charge is 0.444 e. The molecule has 0 unspecified atom stereocenters. The van der Waals surface area contributed by atoms with Gasteiger partial charge >= 0.3 is 6.09 Å². The number of carbonyl (C=O) groups excluding carboxylic acids is 1. The van der Waals surface area contributed by atoms with E-state index in [-0.39, 0.29) is 11.5 Å². The number of carbonyl (C=O) groups is 1. The molecule has 7 heteroatoms. The average molecular weight is 289 g/mol. The minimum Gasteiger partial charge on any atom is -0.444 e. The average Bonchev–Trinajstić information content (AvgIpc) is 2.73. The number of rotatable bonds is 2. The van der Waals surface area contributed by atoms with Crippen molar-refractivity contribution in [2.75, 3.05) is 6.54 Å². The lowest BCUT2D eigenvalue weighted by molar-refractivity contribution is 0.0367. The van der Waals surface area contributed by atoms with Crippen molar-refractivity contribution in [3.05, 3.63) is 47.7 Å². The molecule has 0 radical (unpaired) electrons. The Bertz CT molecular complexity index is 526. The molecule has 0 N–H and O–H groups in total. The smallest absolute Gasteiger partial charge is 0.414 e. The van der Waals surface area contributed by atoms with Crippen LogP contribution in [0.1, 0.15) is 12.0 Å². The van der Waals surface area contributed by atoms with Gasteiger partial charge in [-0.15, -0.1) is 0 Å². The van der Waals surface area contributed by atoms with E-state index in [0.29, 0.717) is 5.56 Å². The van der Waals surface area contributed by atoms with Crippen LogP contribution in [0.4, 0.5) is 22.4 Å². The van der Waals surface area contributed by atoms with Crippen molar-refractivity contribution in [2.24, 2.45) is 0 Å². The summed E-state index contributed by atoms with van der Waals surface area (Å²) in [6.45, 7) is -0.657. The van der Waals surface area contributed by atoms with E-state index in [1.165, 1.54) is 0 Å². The Kier molecular flexibility index (Phi) is 3.96. The molecule has 1 aromatic rings. The maximum absolute atomic E-state index is 13.2. The van der Waals surface area contributed by atoms with E-state index in [0.717, 1.165) is 0 Å². The van der Waals surface area contributed by atoms with Crippen molar-refractivity contribution in [1.82, 2.24) is 4.90 Å². The van der Waals surface area contributed by atoms with Gasteiger partial charge in [0.25, 0.3) is 12.0 Å². The Hall–Kier alpha value is -2.05. The summed E-state index contributed by atoms with van der Waals surface area (Å²) in [5, 5.41) is 0. The van der Waals surface area contributed by atoms with Gasteiger partial charge in [-0.25, -0.2) is 4.79 Å². The lowest BCUT2D eigenvalue weighted by Gasteiger charge is -2.18. The second kappa shape index (κ2) is 5.52. The van der Waals surface area contributed by atoms with Crippen LogP contribution in [0.2, 0.25) is 0 Å². The number of amides is 1. The molecule has 1 aliphatic rings. The highest BCUT2D eigenvalue weighted by Gasteiger charge is 2.50. The summed E-state index contributed by atoms with van der Waals surface area (Å²) in [5.41, 5.74) is -0.923. The Morgan fingerprint density at radius 3 is 2.50 bits per heavy atom. The molecule has 108 valence electrons. The van der Waals surface area contributed by atoms with E-state index in [4.69, 9.17) is 4.74 Å². The minimum absolute atomic E-state index is 0.164. The van der Waals surface area contributed by atoms with Crippen LogP contribution in [0.25, 0.3) is 0 Å². The molecule has 2 rings (SSSR count). The Balaban J connectivity index is 2.05. The quantitative estimate of drug-likeness (QED) is 0.776. The van der Waals surface area contributed by atoms with Gasteiger partial charge in [-0.05, 0) is 5.56 Å². The molecule has 0 saturated carbocycles. The maximum Gasteiger partial charge on any atom is 0.414 e. The topological polar surface area (TPSA) is 29.5 Å². The Morgan fingerprint density at radius 2 is 1.90 bits per heavy atom. The van der Waals surface area contributed by atoms with Gasteiger partial charge in [0.15, 0.2) is 5.70 Å². The van der Waals surface area contributed by atoms with Crippen molar-refractivity contribution >= 4 is 6.09 Å². The predicted octanol–water partition coefficient (Wildman–Crippen LogP) is 3.77. The summed E-state index contributed by atoms with van der Waals surface area (Å²) < 4.78 is 56.4. The molecule has 0 atom stereocenters. The number of alkyl halides is 2. The molecule has 0 spiro atoms. The van der Waals surface area contributed by atoms with Crippen LogP contribution in [-0.4, -0.2) is 23.5 Å². The third kappa shape index (κ3) is 2.92. The van der Waals surface area contributed by atoms with E-state index < -0.39 is 36.8 Å². The van der Waals surface area contributed by atoms with Gasteiger partial charge in [0.05, 0.1) is 0 Å². The standard InChI is InChI=1S/C13H11F4NO2/c14-11(15)10-13(16,17)6-7-18(10)12(19)20-8-9-4-2-1-3-5-9/h1-5H,6-8H2. The highest BCUT2D eigenvalue weighted by molar-refractivity contribution is 5.71. The fourth-order valence-corrected chi connectivity index (χ4v) is 1.90. The second-order valence-corrected chi connectivity index (χ2v) is 4.26. The zero-order valence-corrected chi connectivity index (χ0v) is 10.3. The lowest BCUT2D eigenvalue weighted by atomic mass is 10.2. The van der Waals surface area contributed by atoms with Gasteiger partial charge < -0.3 is 4.74 Å². The van der Waals surface area contributed by atoms with Crippen LogP contribution in [0.15, 0.2) is 42.1 Å². The van der Waals surface area contributed by atoms with E-state index in [1.54, 1.807) is 30.3 Å². The van der Waals surface area contributed by atoms with Gasteiger partial charge in [0, 0.05) is 13.0 Å². The molecule has 0 bridgehead atoms. The lowest BCUT2D eigenvalue weighted by Crippen LogP contribution is -2.30. The molecule has 0 aromatic heterocycles. The number of hydrogen-bond donors (Lipinski definition) is 0. The number of hydrogen-bond acceptors (Lipinski definition) is 2. The molecule has 1 saturated heterocycles. The summed E-state index contributed by atoms with van der Waals surface area (Å²) in [6, 6.07) is 8.50. The molecule has 0 aliphatic carbocycles. The molecular formula is C13H11F4NO2.